The van der Waals surface area contributed by atoms with Crippen molar-refractivity contribution in [2.75, 3.05) is 18.1 Å². The quantitative estimate of drug-likeness (QED) is 0.576. The lowest BCUT2D eigenvalue weighted by atomic mass is 9.92. The zero-order chi connectivity index (χ0) is 19.1. The summed E-state index contributed by atoms with van der Waals surface area (Å²) in [5.74, 6) is 0.134. The molecule has 0 radical (unpaired) electrons. The van der Waals surface area contributed by atoms with E-state index in [0.717, 1.165) is 33.9 Å². The van der Waals surface area contributed by atoms with Crippen molar-refractivity contribution >= 4 is 28.6 Å². The van der Waals surface area contributed by atoms with Crippen LogP contribution in [0, 0.1) is 0 Å². The Morgan fingerprint density at radius 2 is 1.96 bits per heavy atom. The van der Waals surface area contributed by atoms with Gasteiger partial charge in [0.1, 0.15) is 6.17 Å². The molecule has 0 aromatic heterocycles. The molecule has 6 nitrogen and oxygen atoms in total. The van der Waals surface area contributed by atoms with Crippen LogP contribution in [0.5, 0.6) is 0 Å². The number of hydrogen-bond acceptors (Lipinski definition) is 6. The number of anilines is 2. The maximum atomic E-state index is 11.9. The van der Waals surface area contributed by atoms with E-state index in [1.54, 1.807) is 0 Å². The van der Waals surface area contributed by atoms with Crippen LogP contribution < -0.4 is 16.5 Å². The minimum Gasteiger partial charge on any atom is -0.397 e. The number of rotatable bonds is 3. The van der Waals surface area contributed by atoms with Gasteiger partial charge in [0.2, 0.25) is 0 Å². The number of benzene rings is 2. The summed E-state index contributed by atoms with van der Waals surface area (Å²) in [5, 5.41) is 5.52. The topological polar surface area (TPSA) is 82.8 Å². The molecular weight excluding hydrogens is 338 g/mol. The monoisotopic (exact) mass is 361 g/mol. The van der Waals surface area contributed by atoms with E-state index in [0.29, 0.717) is 17.7 Å². The number of aliphatic imine (C=N–C) groups is 1. The fraction of sp³-hybridized carbons (Fsp3) is 0.238. The molecule has 1 atom stereocenters. The van der Waals surface area contributed by atoms with Crippen LogP contribution in [-0.4, -0.2) is 29.7 Å². The zero-order valence-corrected chi connectivity index (χ0v) is 15.7. The van der Waals surface area contributed by atoms with Crippen molar-refractivity contribution in [3.63, 3.8) is 0 Å². The van der Waals surface area contributed by atoms with Gasteiger partial charge in [0.15, 0.2) is 5.78 Å². The molecule has 0 saturated heterocycles. The molecule has 2 aliphatic rings. The number of carbonyl (C=O) groups excluding carboxylic acids is 1. The Bertz CT molecular complexity index is 975. The number of carbonyl (C=O) groups is 1. The zero-order valence-electron chi connectivity index (χ0n) is 15.7. The Morgan fingerprint density at radius 3 is 2.67 bits per heavy atom. The van der Waals surface area contributed by atoms with E-state index in [2.05, 4.69) is 10.7 Å². The van der Waals surface area contributed by atoms with Crippen molar-refractivity contribution < 1.29 is 4.79 Å². The average Bonchev–Trinajstić information content (AvgIpc) is 2.96. The van der Waals surface area contributed by atoms with Gasteiger partial charge >= 0.3 is 0 Å². The maximum Gasteiger partial charge on any atom is 0.162 e. The van der Waals surface area contributed by atoms with Gasteiger partial charge < -0.3 is 16.5 Å². The maximum absolute atomic E-state index is 11.9. The minimum absolute atomic E-state index is 0.0399. The van der Waals surface area contributed by atoms with Crippen molar-refractivity contribution in [3.8, 4) is 0 Å². The molecule has 2 aromatic carbocycles. The molecule has 4 rings (SSSR count). The van der Waals surface area contributed by atoms with Gasteiger partial charge in [0.05, 0.1) is 22.8 Å². The number of Topliss-reactive ketones (excluding diaryl/α,β-unsaturated/α-hetero) is 1. The van der Waals surface area contributed by atoms with Crippen LogP contribution in [0.2, 0.25) is 0 Å². The van der Waals surface area contributed by atoms with Crippen molar-refractivity contribution in [1.29, 1.82) is 0 Å². The second-order valence-corrected chi connectivity index (χ2v) is 6.86. The lowest BCUT2D eigenvalue weighted by molar-refractivity contribution is 0.0988. The predicted octanol–water partition coefficient (Wildman–Crippen LogP) is 3.46. The number of likely N-dealkylation sites (N-methyl/N-ethyl adjacent to an activating group) is 1. The summed E-state index contributed by atoms with van der Waals surface area (Å²) in [6.45, 7) is 3.91. The fourth-order valence-electron chi connectivity index (χ4n) is 3.65. The number of nitrogen functional groups attached to an aromatic ring is 1. The second kappa shape index (κ2) is 6.55. The lowest BCUT2D eigenvalue weighted by Gasteiger charge is -2.31. The van der Waals surface area contributed by atoms with Gasteiger partial charge in [0, 0.05) is 35.9 Å². The van der Waals surface area contributed by atoms with Crippen molar-refractivity contribution in [3.05, 3.63) is 64.9 Å². The largest absolute Gasteiger partial charge is 0.397 e. The molecule has 6 heteroatoms. The summed E-state index contributed by atoms with van der Waals surface area (Å²) >= 11 is 0. The van der Waals surface area contributed by atoms with Gasteiger partial charge in [-0.1, -0.05) is 19.1 Å². The Labute approximate surface area is 158 Å². The molecule has 1 unspecified atom stereocenters. The molecule has 4 N–H and O–H groups in total. The normalized spacial score (nSPS) is 20.1. The summed E-state index contributed by atoms with van der Waals surface area (Å²) in [5.41, 5.74) is 16.7. The smallest absolute Gasteiger partial charge is 0.162 e. The van der Waals surface area contributed by atoms with E-state index in [4.69, 9.17) is 10.7 Å². The molecule has 2 heterocycles. The Kier molecular flexibility index (Phi) is 4.20. The average molecular weight is 361 g/mol. The summed E-state index contributed by atoms with van der Waals surface area (Å²) < 4.78 is 0. The molecule has 0 spiro atoms. The number of nitrogens with one attached hydrogen (secondary N) is 2. The first-order valence-corrected chi connectivity index (χ1v) is 9.07. The first-order valence-electron chi connectivity index (χ1n) is 9.07. The molecule has 2 aromatic rings. The van der Waals surface area contributed by atoms with Gasteiger partial charge in [-0.25, -0.2) is 10.0 Å². The summed E-state index contributed by atoms with van der Waals surface area (Å²) in [6, 6.07) is 13.3. The van der Waals surface area contributed by atoms with Gasteiger partial charge in [-0.3, -0.25) is 4.79 Å². The van der Waals surface area contributed by atoms with Crippen molar-refractivity contribution in [1.82, 2.24) is 10.4 Å². The molecule has 0 fully saturated rings. The number of fused-ring (bicyclic) bond motifs is 2. The number of nitrogens with two attached hydrogens (primary N) is 1. The molecule has 2 aliphatic heterocycles. The van der Waals surface area contributed by atoms with Crippen molar-refractivity contribution in [2.24, 2.45) is 4.99 Å². The van der Waals surface area contributed by atoms with Crippen LogP contribution in [0.1, 0.15) is 36.2 Å². The highest BCUT2D eigenvalue weighted by Gasteiger charge is 2.37. The molecule has 0 amide bonds. The second-order valence-electron chi connectivity index (χ2n) is 6.86. The van der Waals surface area contributed by atoms with E-state index in [1.807, 2.05) is 68.4 Å². The van der Waals surface area contributed by atoms with Gasteiger partial charge in [0.25, 0.3) is 0 Å². The number of nitrogens with zero attached hydrogens (tertiary/aromatic N) is 2. The van der Waals surface area contributed by atoms with Crippen molar-refractivity contribution in [2.45, 2.75) is 26.4 Å². The fourth-order valence-corrected chi connectivity index (χ4v) is 3.65. The molecule has 138 valence electrons. The van der Waals surface area contributed by atoms with Crippen LogP contribution in [-0.2, 0) is 0 Å². The highest BCUT2D eigenvalue weighted by Crippen LogP contribution is 2.37. The number of para-hydroxylation sites is 1. The highest BCUT2D eigenvalue weighted by atomic mass is 16.1. The summed E-state index contributed by atoms with van der Waals surface area (Å²) in [7, 11) is 1.99. The van der Waals surface area contributed by atoms with E-state index in [-0.39, 0.29) is 11.9 Å². The Balaban J connectivity index is 1.84. The van der Waals surface area contributed by atoms with Gasteiger partial charge in [-0.05, 0) is 37.3 Å². The molecule has 0 aliphatic carbocycles. The predicted molar refractivity (Wildman–Crippen MR) is 109 cm³/mol. The van der Waals surface area contributed by atoms with E-state index in [9.17, 15) is 4.79 Å². The lowest BCUT2D eigenvalue weighted by Crippen LogP contribution is -2.44. The summed E-state index contributed by atoms with van der Waals surface area (Å²) in [6.07, 6.45) is 0.458. The number of hydrazine groups is 1. The standard InChI is InChI=1S/C21H23N5O/c1-4-17(27)13-8-10-14(11-9-13)23-20-15-6-5-7-16(22)19(15)24-21-18(20)12(2)25-26(21)3/h5-11,21,24-25H,4,22H2,1-3H3. The molecular formula is C21H23N5O. The molecule has 0 bridgehead atoms. The Hall–Kier alpha value is -3.12. The SMILES string of the molecule is CCC(=O)c1ccc(N=C2C3=C(C)NN(C)C3Nc3c(N)cccc32)cc1. The number of ketones is 1. The third kappa shape index (κ3) is 2.88. The first-order chi connectivity index (χ1) is 13.0. The minimum atomic E-state index is -0.0399. The molecule has 0 saturated carbocycles. The van der Waals surface area contributed by atoms with E-state index in [1.165, 1.54) is 0 Å². The van der Waals surface area contributed by atoms with Crippen LogP contribution >= 0.6 is 0 Å². The highest BCUT2D eigenvalue weighted by molar-refractivity contribution is 6.21. The van der Waals surface area contributed by atoms with Crippen LogP contribution in [0.4, 0.5) is 17.1 Å². The molecule has 27 heavy (non-hydrogen) atoms. The third-order valence-corrected chi connectivity index (χ3v) is 5.05. The number of allylic oxidation sites excluding steroid dienone is 1. The van der Waals surface area contributed by atoms with E-state index >= 15 is 0 Å². The third-order valence-electron chi connectivity index (χ3n) is 5.05. The Morgan fingerprint density at radius 1 is 1.22 bits per heavy atom. The van der Waals surface area contributed by atoms with E-state index < -0.39 is 0 Å². The van der Waals surface area contributed by atoms with Crippen LogP contribution in [0.3, 0.4) is 0 Å². The van der Waals surface area contributed by atoms with Crippen LogP contribution in [0.15, 0.2) is 58.7 Å². The first kappa shape index (κ1) is 17.3. The van der Waals surface area contributed by atoms with Gasteiger partial charge in [-0.2, -0.15) is 0 Å². The van der Waals surface area contributed by atoms with Crippen LogP contribution in [0.25, 0.3) is 0 Å². The number of hydrogen-bond donors (Lipinski definition) is 3. The van der Waals surface area contributed by atoms with Gasteiger partial charge in [-0.15, -0.1) is 0 Å². The summed E-state index contributed by atoms with van der Waals surface area (Å²) in [4.78, 5) is 16.8.